The molecule has 0 unspecified atom stereocenters. The molecule has 6 heteroatoms. The highest BCUT2D eigenvalue weighted by Gasteiger charge is 2.19. The van der Waals surface area contributed by atoms with E-state index in [9.17, 15) is 19.3 Å². The van der Waals surface area contributed by atoms with Gasteiger partial charge in [-0.25, -0.2) is 4.39 Å². The molecule has 0 saturated heterocycles. The molecule has 0 radical (unpaired) electrons. The molecule has 0 aromatic heterocycles. The van der Waals surface area contributed by atoms with Crippen molar-refractivity contribution in [3.63, 3.8) is 0 Å². The number of rotatable bonds is 5. The Morgan fingerprint density at radius 2 is 1.78 bits per heavy atom. The van der Waals surface area contributed by atoms with E-state index in [2.05, 4.69) is 0 Å². The third-order valence-electron chi connectivity index (χ3n) is 3.43. The van der Waals surface area contributed by atoms with Crippen LogP contribution < -0.4 is 4.74 Å². The van der Waals surface area contributed by atoms with Crippen LogP contribution in [-0.4, -0.2) is 17.3 Å². The third kappa shape index (κ3) is 3.71. The van der Waals surface area contributed by atoms with Crippen LogP contribution in [0.25, 0.3) is 0 Å². The summed E-state index contributed by atoms with van der Waals surface area (Å²) in [6, 6.07) is 6.65. The van der Waals surface area contributed by atoms with Gasteiger partial charge in [0.05, 0.1) is 4.92 Å². The molecule has 0 fully saturated rings. The Bertz CT molecular complexity index is 763. The second kappa shape index (κ2) is 6.56. The Kier molecular flexibility index (Phi) is 4.74. The Morgan fingerprint density at radius 3 is 2.35 bits per heavy atom. The van der Waals surface area contributed by atoms with Crippen LogP contribution in [0.2, 0.25) is 0 Å². The van der Waals surface area contributed by atoms with Crippen LogP contribution >= 0.6 is 0 Å². The first-order chi connectivity index (χ1) is 10.8. The summed E-state index contributed by atoms with van der Waals surface area (Å²) in [7, 11) is 0. The van der Waals surface area contributed by atoms with Gasteiger partial charge in [-0.1, -0.05) is 17.7 Å². The largest absolute Gasteiger partial charge is 0.478 e. The van der Waals surface area contributed by atoms with Gasteiger partial charge >= 0.3 is 5.69 Å². The molecule has 2 aromatic carbocycles. The lowest BCUT2D eigenvalue weighted by Gasteiger charge is -2.11. The van der Waals surface area contributed by atoms with Crippen LogP contribution in [0.4, 0.5) is 10.1 Å². The van der Waals surface area contributed by atoms with Crippen molar-refractivity contribution in [2.45, 2.75) is 20.8 Å². The van der Waals surface area contributed by atoms with Crippen molar-refractivity contribution >= 4 is 11.5 Å². The number of benzene rings is 2. The molecule has 0 N–H and O–H groups in total. The van der Waals surface area contributed by atoms with Gasteiger partial charge in [-0.05, 0) is 38.0 Å². The fraction of sp³-hybridized carbons (Fsp3) is 0.235. The molecule has 0 bridgehead atoms. The number of hydrogen-bond acceptors (Lipinski definition) is 4. The number of nitrogens with zero attached hydrogens (tertiary/aromatic N) is 1. The van der Waals surface area contributed by atoms with E-state index in [1.165, 1.54) is 0 Å². The minimum atomic E-state index is -0.679. The predicted octanol–water partition coefficient (Wildman–Crippen LogP) is 3.92. The van der Waals surface area contributed by atoms with Crippen molar-refractivity contribution < 1.29 is 18.8 Å². The lowest BCUT2D eigenvalue weighted by atomic mass is 9.97. The number of nitro benzene ring substituents is 1. The maximum Gasteiger partial charge on any atom is 0.311 e. The highest BCUT2D eigenvalue weighted by Crippen LogP contribution is 2.28. The summed E-state index contributed by atoms with van der Waals surface area (Å²) < 4.78 is 18.4. The molecule has 2 aromatic rings. The summed E-state index contributed by atoms with van der Waals surface area (Å²) in [5.41, 5.74) is 2.80. The van der Waals surface area contributed by atoms with Gasteiger partial charge in [0.1, 0.15) is 5.82 Å². The molecule has 0 spiro atoms. The zero-order chi connectivity index (χ0) is 17.1. The number of ether oxygens (including phenoxy) is 1. The summed E-state index contributed by atoms with van der Waals surface area (Å²) in [6.07, 6.45) is 0. The van der Waals surface area contributed by atoms with E-state index in [1.807, 2.05) is 32.9 Å². The van der Waals surface area contributed by atoms with Crippen LogP contribution in [-0.2, 0) is 0 Å². The van der Waals surface area contributed by atoms with Gasteiger partial charge in [-0.3, -0.25) is 14.9 Å². The molecule has 0 aliphatic carbocycles. The normalized spacial score (nSPS) is 10.4. The predicted molar refractivity (Wildman–Crippen MR) is 83.5 cm³/mol. The molecular weight excluding hydrogens is 301 g/mol. The minimum absolute atomic E-state index is 0.259. The van der Waals surface area contributed by atoms with Crippen molar-refractivity contribution in [2.75, 3.05) is 6.61 Å². The summed E-state index contributed by atoms with van der Waals surface area (Å²) in [6.45, 7) is 5.17. The third-order valence-corrected chi connectivity index (χ3v) is 3.43. The van der Waals surface area contributed by atoms with Crippen LogP contribution in [0.3, 0.4) is 0 Å². The van der Waals surface area contributed by atoms with Crippen molar-refractivity contribution in [3.8, 4) is 5.75 Å². The molecule has 5 nitrogen and oxygen atoms in total. The molecule has 0 atom stereocenters. The first kappa shape index (κ1) is 16.6. The molecule has 0 amide bonds. The number of Topliss-reactive ketones (excluding diaryl/α,β-unsaturated/α-hetero) is 1. The van der Waals surface area contributed by atoms with Crippen molar-refractivity contribution in [1.29, 1.82) is 0 Å². The summed E-state index contributed by atoms with van der Waals surface area (Å²) in [5.74, 6) is -1.23. The Balaban J connectivity index is 2.24. The summed E-state index contributed by atoms with van der Waals surface area (Å²) in [5, 5.41) is 10.9. The molecule has 0 heterocycles. The van der Waals surface area contributed by atoms with E-state index < -0.39 is 17.3 Å². The average molecular weight is 317 g/mol. The molecule has 0 aliphatic rings. The minimum Gasteiger partial charge on any atom is -0.478 e. The second-order valence-electron chi connectivity index (χ2n) is 5.35. The monoisotopic (exact) mass is 317 g/mol. The first-order valence-corrected chi connectivity index (χ1v) is 6.97. The van der Waals surface area contributed by atoms with Crippen LogP contribution in [0.1, 0.15) is 27.0 Å². The van der Waals surface area contributed by atoms with E-state index >= 15 is 0 Å². The number of carbonyl (C=O) groups excluding carboxylic acids is 1. The Labute approximate surface area is 132 Å². The fourth-order valence-corrected chi connectivity index (χ4v) is 2.59. The summed E-state index contributed by atoms with van der Waals surface area (Å²) in [4.78, 5) is 22.6. The maximum absolute atomic E-state index is 13.2. The van der Waals surface area contributed by atoms with Crippen molar-refractivity contribution in [2.24, 2.45) is 0 Å². The van der Waals surface area contributed by atoms with Gasteiger partial charge in [0.2, 0.25) is 5.78 Å². The van der Waals surface area contributed by atoms with Crippen molar-refractivity contribution in [1.82, 2.24) is 0 Å². The number of carbonyl (C=O) groups is 1. The van der Waals surface area contributed by atoms with E-state index in [1.54, 1.807) is 0 Å². The molecule has 2 rings (SSSR count). The van der Waals surface area contributed by atoms with E-state index in [0.717, 1.165) is 34.9 Å². The first-order valence-electron chi connectivity index (χ1n) is 6.97. The number of halogens is 1. The van der Waals surface area contributed by atoms with Crippen LogP contribution in [0.15, 0.2) is 30.3 Å². The fourth-order valence-electron chi connectivity index (χ4n) is 2.59. The Hall–Kier alpha value is -2.76. The van der Waals surface area contributed by atoms with E-state index in [0.29, 0.717) is 5.56 Å². The van der Waals surface area contributed by atoms with Crippen molar-refractivity contribution in [3.05, 3.63) is 68.5 Å². The Morgan fingerprint density at radius 1 is 1.17 bits per heavy atom. The second-order valence-corrected chi connectivity index (χ2v) is 5.35. The highest BCUT2D eigenvalue weighted by molar-refractivity contribution is 6.00. The average Bonchev–Trinajstić information content (AvgIpc) is 2.43. The van der Waals surface area contributed by atoms with Crippen LogP contribution in [0.5, 0.6) is 5.75 Å². The standard InChI is InChI=1S/C17H16FNO4/c1-10-6-11(2)17(12(3)7-10)15(20)9-23-16-8-13(18)4-5-14(16)19(21)22/h4-8H,9H2,1-3H3. The van der Waals surface area contributed by atoms with Gasteiger partial charge < -0.3 is 4.74 Å². The van der Waals surface area contributed by atoms with Crippen LogP contribution in [0, 0.1) is 36.7 Å². The quantitative estimate of drug-likeness (QED) is 0.476. The molecule has 23 heavy (non-hydrogen) atoms. The molecule has 0 aliphatic heterocycles. The smallest absolute Gasteiger partial charge is 0.311 e. The number of aryl methyl sites for hydroxylation is 3. The molecule has 0 saturated carbocycles. The SMILES string of the molecule is Cc1cc(C)c(C(=O)COc2cc(F)ccc2[N+](=O)[O-])c(C)c1. The van der Waals surface area contributed by atoms with E-state index in [4.69, 9.17) is 4.74 Å². The van der Waals surface area contributed by atoms with Gasteiger partial charge in [-0.2, -0.15) is 0 Å². The molecule has 120 valence electrons. The highest BCUT2D eigenvalue weighted by atomic mass is 19.1. The number of ketones is 1. The van der Waals surface area contributed by atoms with Gasteiger partial charge in [0.25, 0.3) is 0 Å². The van der Waals surface area contributed by atoms with E-state index in [-0.39, 0.29) is 17.2 Å². The topological polar surface area (TPSA) is 69.4 Å². The van der Waals surface area contributed by atoms with Gasteiger partial charge in [-0.15, -0.1) is 0 Å². The summed E-state index contributed by atoms with van der Waals surface area (Å²) >= 11 is 0. The van der Waals surface area contributed by atoms with Gasteiger partial charge in [0.15, 0.2) is 12.4 Å². The van der Waals surface area contributed by atoms with Gasteiger partial charge in [0, 0.05) is 17.7 Å². The zero-order valence-electron chi connectivity index (χ0n) is 13.1. The number of hydrogen-bond donors (Lipinski definition) is 0. The lowest BCUT2D eigenvalue weighted by Crippen LogP contribution is -2.15. The molecular formula is C17H16FNO4. The zero-order valence-corrected chi connectivity index (χ0v) is 13.1. The number of nitro groups is 1. The lowest BCUT2D eigenvalue weighted by molar-refractivity contribution is -0.385. The maximum atomic E-state index is 13.2.